The maximum absolute atomic E-state index is 12.1. The Bertz CT molecular complexity index is 499. The van der Waals surface area contributed by atoms with Gasteiger partial charge in [0.1, 0.15) is 0 Å². The molecule has 2 aliphatic rings. The zero-order chi connectivity index (χ0) is 15.4. The molecule has 0 radical (unpaired) electrons. The molecule has 1 aromatic heterocycles. The highest BCUT2D eigenvalue weighted by Crippen LogP contribution is 2.26. The normalized spacial score (nSPS) is 24.0. The Balaban J connectivity index is 1.47. The van der Waals surface area contributed by atoms with E-state index in [1.807, 2.05) is 11.8 Å². The van der Waals surface area contributed by atoms with Crippen LogP contribution in [0.25, 0.3) is 0 Å². The Hall–Kier alpha value is -1.47. The van der Waals surface area contributed by atoms with E-state index in [1.54, 1.807) is 0 Å². The van der Waals surface area contributed by atoms with Crippen molar-refractivity contribution in [3.05, 3.63) is 11.7 Å². The number of hydrogen-bond acceptors (Lipinski definition) is 6. The third-order valence-electron chi connectivity index (χ3n) is 4.40. The molecular weight excluding hydrogens is 284 g/mol. The molecule has 2 fully saturated rings. The van der Waals surface area contributed by atoms with Crippen LogP contribution in [0.4, 0.5) is 0 Å². The van der Waals surface area contributed by atoms with Crippen molar-refractivity contribution in [2.45, 2.75) is 32.1 Å². The first-order valence-electron chi connectivity index (χ1n) is 8.10. The molecule has 0 aromatic carbocycles. The van der Waals surface area contributed by atoms with Crippen LogP contribution < -0.4 is 0 Å². The number of ether oxygens (including phenoxy) is 1. The van der Waals surface area contributed by atoms with Crippen molar-refractivity contribution in [3.63, 3.8) is 0 Å². The molecule has 22 heavy (non-hydrogen) atoms. The van der Waals surface area contributed by atoms with Crippen LogP contribution in [0.1, 0.15) is 36.9 Å². The van der Waals surface area contributed by atoms with E-state index in [1.165, 1.54) is 0 Å². The first-order chi connectivity index (χ1) is 10.7. The van der Waals surface area contributed by atoms with E-state index in [0.717, 1.165) is 52.2 Å². The van der Waals surface area contributed by atoms with Gasteiger partial charge in [0.05, 0.1) is 19.1 Å². The Labute approximate surface area is 130 Å². The minimum Gasteiger partial charge on any atom is -0.379 e. The number of piperidine rings is 1. The second kappa shape index (κ2) is 7.19. The molecule has 0 bridgehead atoms. The van der Waals surface area contributed by atoms with Crippen LogP contribution in [0.3, 0.4) is 0 Å². The largest absolute Gasteiger partial charge is 0.379 e. The van der Waals surface area contributed by atoms with Gasteiger partial charge in [0.25, 0.3) is 0 Å². The summed E-state index contributed by atoms with van der Waals surface area (Å²) in [6.07, 6.45) is 2.38. The Morgan fingerprint density at radius 3 is 2.82 bits per heavy atom. The number of aryl methyl sites for hydroxylation is 1. The molecule has 7 nitrogen and oxygen atoms in total. The monoisotopic (exact) mass is 308 g/mol. The molecule has 7 heteroatoms. The summed E-state index contributed by atoms with van der Waals surface area (Å²) in [5.74, 6) is 1.76. The van der Waals surface area contributed by atoms with Crippen molar-refractivity contribution in [2.75, 3.05) is 45.9 Å². The second-order valence-corrected chi connectivity index (χ2v) is 6.06. The lowest BCUT2D eigenvalue weighted by Crippen LogP contribution is -2.42. The number of rotatable bonds is 5. The van der Waals surface area contributed by atoms with E-state index in [-0.39, 0.29) is 11.8 Å². The molecule has 1 amide bonds. The van der Waals surface area contributed by atoms with Gasteiger partial charge in [0, 0.05) is 39.1 Å². The number of likely N-dealkylation sites (tertiary alicyclic amines) is 1. The Morgan fingerprint density at radius 2 is 2.09 bits per heavy atom. The molecule has 0 spiro atoms. The maximum Gasteiger partial charge on any atom is 0.231 e. The first kappa shape index (κ1) is 15.4. The van der Waals surface area contributed by atoms with Crippen LogP contribution in [-0.4, -0.2) is 71.8 Å². The average Bonchev–Trinajstić information content (AvgIpc) is 2.97. The number of carbonyl (C=O) groups is 1. The van der Waals surface area contributed by atoms with Crippen molar-refractivity contribution in [1.82, 2.24) is 19.9 Å². The van der Waals surface area contributed by atoms with Gasteiger partial charge < -0.3 is 14.2 Å². The van der Waals surface area contributed by atoms with Crippen molar-refractivity contribution in [3.8, 4) is 0 Å². The van der Waals surface area contributed by atoms with Gasteiger partial charge in [-0.1, -0.05) is 5.16 Å². The summed E-state index contributed by atoms with van der Waals surface area (Å²) in [7, 11) is 0. The molecule has 1 aromatic rings. The summed E-state index contributed by atoms with van der Waals surface area (Å²) in [5, 5.41) is 3.85. The zero-order valence-electron chi connectivity index (χ0n) is 13.2. The van der Waals surface area contributed by atoms with Crippen LogP contribution in [0.5, 0.6) is 0 Å². The van der Waals surface area contributed by atoms with Crippen molar-refractivity contribution >= 4 is 5.91 Å². The van der Waals surface area contributed by atoms with E-state index in [0.29, 0.717) is 24.7 Å². The van der Waals surface area contributed by atoms with Crippen molar-refractivity contribution < 1.29 is 14.1 Å². The lowest BCUT2D eigenvalue weighted by molar-refractivity contribution is -0.134. The second-order valence-electron chi connectivity index (χ2n) is 6.06. The molecule has 1 atom stereocenters. The summed E-state index contributed by atoms with van der Waals surface area (Å²) in [6.45, 7) is 7.99. The van der Waals surface area contributed by atoms with E-state index in [9.17, 15) is 4.79 Å². The molecule has 3 rings (SSSR count). The lowest BCUT2D eigenvalue weighted by Gasteiger charge is -2.32. The lowest BCUT2D eigenvalue weighted by atomic mass is 9.97. The fraction of sp³-hybridized carbons (Fsp3) is 0.800. The minimum absolute atomic E-state index is 0.183. The van der Waals surface area contributed by atoms with Gasteiger partial charge in [-0.25, -0.2) is 0 Å². The van der Waals surface area contributed by atoms with Crippen LogP contribution in [-0.2, 0) is 9.53 Å². The highest BCUT2D eigenvalue weighted by atomic mass is 16.5. The van der Waals surface area contributed by atoms with E-state index in [4.69, 9.17) is 9.26 Å². The minimum atomic E-state index is 0.183. The molecule has 3 heterocycles. The predicted molar refractivity (Wildman–Crippen MR) is 79.5 cm³/mol. The third kappa shape index (κ3) is 3.84. The summed E-state index contributed by atoms with van der Waals surface area (Å²) >= 11 is 0. The van der Waals surface area contributed by atoms with Gasteiger partial charge in [0.2, 0.25) is 11.8 Å². The number of hydrogen-bond donors (Lipinski definition) is 0. The van der Waals surface area contributed by atoms with Gasteiger partial charge in [-0.05, 0) is 19.8 Å². The Kier molecular flexibility index (Phi) is 5.04. The summed E-state index contributed by atoms with van der Waals surface area (Å²) in [4.78, 5) is 20.7. The first-order valence-corrected chi connectivity index (χ1v) is 8.10. The third-order valence-corrected chi connectivity index (χ3v) is 4.40. The summed E-state index contributed by atoms with van der Waals surface area (Å²) < 4.78 is 10.6. The van der Waals surface area contributed by atoms with E-state index >= 15 is 0 Å². The summed E-state index contributed by atoms with van der Waals surface area (Å²) in [6, 6.07) is 0. The number of carbonyl (C=O) groups excluding carboxylic acids is 1. The van der Waals surface area contributed by atoms with Crippen molar-refractivity contribution in [2.24, 2.45) is 0 Å². The van der Waals surface area contributed by atoms with E-state index < -0.39 is 0 Å². The van der Waals surface area contributed by atoms with Gasteiger partial charge in [-0.3, -0.25) is 9.69 Å². The molecule has 1 unspecified atom stereocenters. The van der Waals surface area contributed by atoms with Gasteiger partial charge in [0.15, 0.2) is 5.82 Å². The molecule has 0 aliphatic carbocycles. The van der Waals surface area contributed by atoms with Crippen LogP contribution >= 0.6 is 0 Å². The molecule has 2 saturated heterocycles. The number of aromatic nitrogens is 2. The van der Waals surface area contributed by atoms with Gasteiger partial charge in [-0.15, -0.1) is 0 Å². The smallest absolute Gasteiger partial charge is 0.231 e. The molecule has 2 aliphatic heterocycles. The van der Waals surface area contributed by atoms with Gasteiger partial charge in [-0.2, -0.15) is 4.98 Å². The molecular formula is C15H24N4O3. The van der Waals surface area contributed by atoms with Gasteiger partial charge >= 0.3 is 0 Å². The molecule has 122 valence electrons. The predicted octanol–water partition coefficient (Wildman–Crippen LogP) is 0.806. The van der Waals surface area contributed by atoms with Crippen LogP contribution in [0.15, 0.2) is 4.52 Å². The highest BCUT2D eigenvalue weighted by Gasteiger charge is 2.29. The molecule has 0 saturated carbocycles. The fourth-order valence-electron chi connectivity index (χ4n) is 3.12. The Morgan fingerprint density at radius 1 is 1.27 bits per heavy atom. The highest BCUT2D eigenvalue weighted by molar-refractivity contribution is 5.77. The molecule has 0 N–H and O–H groups in total. The fourth-order valence-corrected chi connectivity index (χ4v) is 3.12. The average molecular weight is 308 g/mol. The zero-order valence-corrected chi connectivity index (χ0v) is 13.2. The number of nitrogens with zero attached hydrogens (tertiary/aromatic N) is 4. The summed E-state index contributed by atoms with van der Waals surface area (Å²) in [5.41, 5.74) is 0. The van der Waals surface area contributed by atoms with Crippen molar-refractivity contribution in [1.29, 1.82) is 0 Å². The quantitative estimate of drug-likeness (QED) is 0.801. The maximum atomic E-state index is 12.1. The topological polar surface area (TPSA) is 71.7 Å². The van der Waals surface area contributed by atoms with Crippen LogP contribution in [0.2, 0.25) is 0 Å². The number of morpholine rings is 1. The SMILES string of the molecule is Cc1noc(C2CCC(=O)N(CCCN3CCOCC3)C2)n1. The standard InChI is InChI=1S/C15H24N4O3/c1-12-16-15(22-17-12)13-3-4-14(20)19(11-13)6-2-5-18-7-9-21-10-8-18/h13H,2-11H2,1H3. The van der Waals surface area contributed by atoms with E-state index in [2.05, 4.69) is 15.0 Å². The number of amides is 1. The van der Waals surface area contributed by atoms with Crippen LogP contribution in [0, 0.1) is 6.92 Å².